The van der Waals surface area contributed by atoms with E-state index in [0.717, 1.165) is 26.2 Å². The lowest BCUT2D eigenvalue weighted by Crippen LogP contribution is -2.35. The molecule has 3 heterocycles. The normalized spacial score (nSPS) is 27.0. The van der Waals surface area contributed by atoms with Crippen LogP contribution in [0.15, 0.2) is 12.3 Å². The molecular weight excluding hydrogens is 298 g/mol. The molecule has 2 aliphatic heterocycles. The van der Waals surface area contributed by atoms with Crippen LogP contribution in [0, 0.1) is 11.8 Å². The Morgan fingerprint density at radius 3 is 2.59 bits per heavy atom. The molecule has 0 bridgehead atoms. The average Bonchev–Trinajstić information content (AvgIpc) is 3.12. The van der Waals surface area contributed by atoms with Gasteiger partial charge in [-0.25, -0.2) is 4.37 Å². The zero-order chi connectivity index (χ0) is 15.4. The number of hydrogen-bond donors (Lipinski definition) is 1. The van der Waals surface area contributed by atoms with Crippen molar-refractivity contribution in [1.29, 1.82) is 0 Å². The largest absolute Gasteiger partial charge is 0.396 e. The summed E-state index contributed by atoms with van der Waals surface area (Å²) >= 11 is 1.25. The smallest absolute Gasteiger partial charge is 0.265 e. The Bertz CT molecular complexity index is 472. The molecule has 1 aromatic heterocycles. The molecule has 6 heteroatoms. The van der Waals surface area contributed by atoms with E-state index in [1.807, 2.05) is 4.90 Å². The van der Waals surface area contributed by atoms with Gasteiger partial charge in [0.15, 0.2) is 0 Å². The Hall–Kier alpha value is -0.980. The molecule has 0 aromatic carbocycles. The molecule has 0 spiro atoms. The number of amides is 1. The fourth-order valence-corrected chi connectivity index (χ4v) is 4.21. The number of nitrogens with zero attached hydrogens (tertiary/aromatic N) is 3. The average molecular weight is 323 g/mol. The third-order valence-electron chi connectivity index (χ3n) is 4.94. The van der Waals surface area contributed by atoms with Crippen molar-refractivity contribution in [3.8, 4) is 0 Å². The van der Waals surface area contributed by atoms with Crippen molar-refractivity contribution < 1.29 is 9.90 Å². The van der Waals surface area contributed by atoms with Gasteiger partial charge in [-0.05, 0) is 49.4 Å². The number of carbonyl (C=O) groups excluding carboxylic acids is 1. The molecule has 22 heavy (non-hydrogen) atoms. The summed E-state index contributed by atoms with van der Waals surface area (Å²) in [6.45, 7) is 4.95. The van der Waals surface area contributed by atoms with Crippen LogP contribution in [-0.4, -0.2) is 64.5 Å². The van der Waals surface area contributed by atoms with Gasteiger partial charge >= 0.3 is 0 Å². The van der Waals surface area contributed by atoms with Crippen molar-refractivity contribution in [3.05, 3.63) is 17.1 Å². The fourth-order valence-electron chi connectivity index (χ4n) is 3.65. The highest BCUT2D eigenvalue weighted by Gasteiger charge is 2.36. The quantitative estimate of drug-likeness (QED) is 0.916. The number of aliphatic hydroxyl groups excluding tert-OH is 1. The summed E-state index contributed by atoms with van der Waals surface area (Å²) in [5.41, 5.74) is 0. The number of aliphatic hydroxyl groups is 1. The molecule has 2 aliphatic rings. The second kappa shape index (κ2) is 7.53. The summed E-state index contributed by atoms with van der Waals surface area (Å²) in [7, 11) is 0. The summed E-state index contributed by atoms with van der Waals surface area (Å²) in [4.78, 5) is 17.6. The molecule has 5 nitrogen and oxygen atoms in total. The Morgan fingerprint density at radius 1 is 1.23 bits per heavy atom. The lowest BCUT2D eigenvalue weighted by atomic mass is 9.96. The first-order valence-electron chi connectivity index (χ1n) is 8.31. The summed E-state index contributed by atoms with van der Waals surface area (Å²) < 4.78 is 4.01. The molecule has 0 radical (unpaired) electrons. The van der Waals surface area contributed by atoms with Gasteiger partial charge in [-0.3, -0.25) is 4.79 Å². The first kappa shape index (κ1) is 15.9. The molecule has 1 amide bonds. The summed E-state index contributed by atoms with van der Waals surface area (Å²) in [5, 5.41) is 9.69. The third-order valence-corrected chi connectivity index (χ3v) is 5.67. The lowest BCUT2D eigenvalue weighted by molar-refractivity contribution is 0.0784. The molecule has 1 N–H and O–H groups in total. The van der Waals surface area contributed by atoms with Crippen molar-refractivity contribution in [2.45, 2.75) is 25.7 Å². The van der Waals surface area contributed by atoms with Crippen LogP contribution in [0.1, 0.15) is 35.4 Å². The lowest BCUT2D eigenvalue weighted by Gasteiger charge is -2.26. The van der Waals surface area contributed by atoms with Crippen LogP contribution in [0.25, 0.3) is 0 Å². The van der Waals surface area contributed by atoms with Crippen molar-refractivity contribution >= 4 is 17.4 Å². The number of rotatable bonds is 4. The zero-order valence-electron chi connectivity index (χ0n) is 13.0. The Labute approximate surface area is 136 Å². The predicted molar refractivity (Wildman–Crippen MR) is 87.0 cm³/mol. The van der Waals surface area contributed by atoms with Crippen LogP contribution < -0.4 is 0 Å². The van der Waals surface area contributed by atoms with E-state index in [-0.39, 0.29) is 18.4 Å². The van der Waals surface area contributed by atoms with Gasteiger partial charge in [0.25, 0.3) is 5.91 Å². The van der Waals surface area contributed by atoms with Crippen LogP contribution in [0.3, 0.4) is 0 Å². The summed E-state index contributed by atoms with van der Waals surface area (Å²) in [6.07, 6.45) is 6.90. The first-order valence-corrected chi connectivity index (χ1v) is 9.08. The minimum absolute atomic E-state index is 0.0688. The third kappa shape index (κ3) is 3.67. The van der Waals surface area contributed by atoms with Crippen molar-refractivity contribution in [1.82, 2.24) is 14.2 Å². The molecule has 3 rings (SSSR count). The van der Waals surface area contributed by atoms with Crippen LogP contribution in [0.2, 0.25) is 0 Å². The molecule has 0 saturated carbocycles. The topological polar surface area (TPSA) is 56.7 Å². The number of likely N-dealkylation sites (tertiary alicyclic amines) is 2. The zero-order valence-corrected chi connectivity index (χ0v) is 13.8. The highest BCUT2D eigenvalue weighted by atomic mass is 32.1. The van der Waals surface area contributed by atoms with E-state index in [4.69, 9.17) is 0 Å². The Kier molecular flexibility index (Phi) is 5.44. The molecule has 2 saturated heterocycles. The predicted octanol–water partition coefficient (Wildman–Crippen LogP) is 1.70. The maximum absolute atomic E-state index is 12.5. The van der Waals surface area contributed by atoms with E-state index in [1.54, 1.807) is 12.3 Å². The monoisotopic (exact) mass is 323 g/mol. The van der Waals surface area contributed by atoms with Gasteiger partial charge in [-0.15, -0.1) is 0 Å². The number of carbonyl (C=O) groups is 1. The molecule has 2 fully saturated rings. The second-order valence-electron chi connectivity index (χ2n) is 6.50. The van der Waals surface area contributed by atoms with Crippen molar-refractivity contribution in [2.75, 3.05) is 39.3 Å². The van der Waals surface area contributed by atoms with Crippen molar-refractivity contribution in [3.63, 3.8) is 0 Å². The molecular formula is C16H25N3O2S. The highest BCUT2D eigenvalue weighted by Crippen LogP contribution is 2.27. The van der Waals surface area contributed by atoms with E-state index in [1.165, 1.54) is 37.2 Å². The molecule has 0 aliphatic carbocycles. The Balaban J connectivity index is 1.60. The minimum Gasteiger partial charge on any atom is -0.396 e. The standard InChI is InChI=1S/C16H25N3O2S/c20-12-14-11-19(16(21)15-5-6-17-22-15)10-13(14)9-18-7-3-1-2-4-8-18/h5-6,13-14,20H,1-4,7-12H2/t13-,14-/m1/s1. The van der Waals surface area contributed by atoms with E-state index < -0.39 is 0 Å². The fraction of sp³-hybridized carbons (Fsp3) is 0.750. The van der Waals surface area contributed by atoms with Gasteiger partial charge in [0, 0.05) is 38.4 Å². The SMILES string of the molecule is O=C(c1ccns1)N1C[C@@H](CN2CCCCCC2)[C@@H](CO)C1. The molecule has 2 atom stereocenters. The minimum atomic E-state index is 0.0688. The van der Waals surface area contributed by atoms with Crippen LogP contribution in [0.5, 0.6) is 0 Å². The molecule has 0 unspecified atom stereocenters. The van der Waals surface area contributed by atoms with Crippen LogP contribution in [0.4, 0.5) is 0 Å². The van der Waals surface area contributed by atoms with E-state index in [9.17, 15) is 9.90 Å². The number of hydrogen-bond acceptors (Lipinski definition) is 5. The van der Waals surface area contributed by atoms with Gasteiger partial charge in [0.2, 0.25) is 0 Å². The second-order valence-corrected chi connectivity index (χ2v) is 7.34. The van der Waals surface area contributed by atoms with E-state index in [0.29, 0.717) is 17.3 Å². The molecule has 122 valence electrons. The Morgan fingerprint density at radius 2 is 1.95 bits per heavy atom. The maximum Gasteiger partial charge on any atom is 0.265 e. The van der Waals surface area contributed by atoms with Gasteiger partial charge in [-0.1, -0.05) is 12.8 Å². The van der Waals surface area contributed by atoms with Crippen LogP contribution >= 0.6 is 11.5 Å². The number of aromatic nitrogens is 1. The summed E-state index contributed by atoms with van der Waals surface area (Å²) in [6, 6.07) is 1.78. The van der Waals surface area contributed by atoms with E-state index in [2.05, 4.69) is 9.27 Å². The van der Waals surface area contributed by atoms with Gasteiger partial charge < -0.3 is 14.9 Å². The van der Waals surface area contributed by atoms with Crippen molar-refractivity contribution in [2.24, 2.45) is 11.8 Å². The van der Waals surface area contributed by atoms with E-state index >= 15 is 0 Å². The summed E-state index contributed by atoms with van der Waals surface area (Å²) in [5.74, 6) is 0.666. The highest BCUT2D eigenvalue weighted by molar-refractivity contribution is 7.08. The van der Waals surface area contributed by atoms with Crippen LogP contribution in [-0.2, 0) is 0 Å². The molecule has 1 aromatic rings. The first-order chi connectivity index (χ1) is 10.8. The van der Waals surface area contributed by atoms with Gasteiger partial charge in [0.1, 0.15) is 4.88 Å². The maximum atomic E-state index is 12.5. The van der Waals surface area contributed by atoms with Gasteiger partial charge in [0.05, 0.1) is 0 Å². The van der Waals surface area contributed by atoms with Gasteiger partial charge in [-0.2, -0.15) is 0 Å².